The van der Waals surface area contributed by atoms with E-state index in [9.17, 15) is 0 Å². The van der Waals surface area contributed by atoms with Gasteiger partial charge < -0.3 is 5.32 Å². The molecule has 4 heteroatoms. The van der Waals surface area contributed by atoms with E-state index in [1.165, 1.54) is 27.5 Å². The molecule has 3 nitrogen and oxygen atoms in total. The van der Waals surface area contributed by atoms with Gasteiger partial charge in [-0.05, 0) is 42.0 Å². The fraction of sp³-hybridized carbons (Fsp3) is 0.500. The first kappa shape index (κ1) is 15.1. The fourth-order valence-corrected chi connectivity index (χ4v) is 3.20. The first-order valence-corrected chi connectivity index (χ1v) is 8.20. The second kappa shape index (κ2) is 7.50. The highest BCUT2D eigenvalue weighted by atomic mass is 32.1. The standard InChI is InChI=1S/C16H23N3S/c1-4-8-14-16(20-19-18-14)15(17-6-3)13-10-7-9-12(5-2)11-13/h7,9-11,15,17H,4-6,8H2,1-3H3. The zero-order valence-corrected chi connectivity index (χ0v) is 13.3. The van der Waals surface area contributed by atoms with Crippen LogP contribution in [-0.4, -0.2) is 16.1 Å². The highest BCUT2D eigenvalue weighted by Crippen LogP contribution is 2.28. The topological polar surface area (TPSA) is 37.8 Å². The van der Waals surface area contributed by atoms with Crippen molar-refractivity contribution in [1.29, 1.82) is 0 Å². The van der Waals surface area contributed by atoms with Crippen LogP contribution in [0, 0.1) is 0 Å². The highest BCUT2D eigenvalue weighted by molar-refractivity contribution is 7.05. The summed E-state index contributed by atoms with van der Waals surface area (Å²) in [4.78, 5) is 1.27. The van der Waals surface area contributed by atoms with Crippen molar-refractivity contribution in [3.05, 3.63) is 46.0 Å². The van der Waals surface area contributed by atoms with Crippen LogP contribution in [0.1, 0.15) is 54.9 Å². The Labute approximate surface area is 125 Å². The lowest BCUT2D eigenvalue weighted by atomic mass is 10.00. The third-order valence-corrected chi connectivity index (χ3v) is 4.27. The summed E-state index contributed by atoms with van der Waals surface area (Å²) in [6.45, 7) is 7.45. The van der Waals surface area contributed by atoms with Crippen molar-refractivity contribution < 1.29 is 0 Å². The van der Waals surface area contributed by atoms with Crippen molar-refractivity contribution in [1.82, 2.24) is 14.9 Å². The van der Waals surface area contributed by atoms with E-state index < -0.39 is 0 Å². The van der Waals surface area contributed by atoms with Gasteiger partial charge in [-0.1, -0.05) is 55.9 Å². The minimum Gasteiger partial charge on any atom is -0.306 e. The van der Waals surface area contributed by atoms with Gasteiger partial charge in [0.25, 0.3) is 0 Å². The zero-order valence-electron chi connectivity index (χ0n) is 12.5. The number of nitrogens with zero attached hydrogens (tertiary/aromatic N) is 2. The van der Waals surface area contributed by atoms with E-state index in [2.05, 4.69) is 59.9 Å². The van der Waals surface area contributed by atoms with Crippen LogP contribution in [0.5, 0.6) is 0 Å². The van der Waals surface area contributed by atoms with E-state index in [1.807, 2.05) is 0 Å². The molecule has 2 aromatic rings. The van der Waals surface area contributed by atoms with Crippen molar-refractivity contribution in [3.63, 3.8) is 0 Å². The number of hydrogen-bond donors (Lipinski definition) is 1. The van der Waals surface area contributed by atoms with E-state index in [0.717, 1.165) is 31.5 Å². The van der Waals surface area contributed by atoms with Crippen LogP contribution in [0.3, 0.4) is 0 Å². The largest absolute Gasteiger partial charge is 0.306 e. The van der Waals surface area contributed by atoms with Gasteiger partial charge in [0.1, 0.15) is 0 Å². The molecule has 0 saturated heterocycles. The van der Waals surface area contributed by atoms with E-state index in [-0.39, 0.29) is 6.04 Å². The molecule has 1 unspecified atom stereocenters. The van der Waals surface area contributed by atoms with E-state index >= 15 is 0 Å². The number of hydrogen-bond acceptors (Lipinski definition) is 4. The molecule has 0 aliphatic carbocycles. The molecule has 0 fully saturated rings. The Morgan fingerprint density at radius 2 is 2.10 bits per heavy atom. The molecule has 0 radical (unpaired) electrons. The predicted octanol–water partition coefficient (Wildman–Crippen LogP) is 3.75. The minimum atomic E-state index is 0.216. The van der Waals surface area contributed by atoms with Crippen LogP contribution in [0.2, 0.25) is 0 Å². The number of rotatable bonds is 7. The van der Waals surface area contributed by atoms with Crippen LogP contribution < -0.4 is 5.32 Å². The van der Waals surface area contributed by atoms with Gasteiger partial charge in [-0.3, -0.25) is 0 Å². The van der Waals surface area contributed by atoms with E-state index in [4.69, 9.17) is 0 Å². The maximum absolute atomic E-state index is 4.31. The normalized spacial score (nSPS) is 12.6. The van der Waals surface area contributed by atoms with Gasteiger partial charge in [-0.25, -0.2) is 0 Å². The second-order valence-electron chi connectivity index (χ2n) is 4.92. The van der Waals surface area contributed by atoms with Crippen molar-refractivity contribution in [2.75, 3.05) is 6.54 Å². The monoisotopic (exact) mass is 289 g/mol. The fourth-order valence-electron chi connectivity index (χ4n) is 2.40. The summed E-state index contributed by atoms with van der Waals surface area (Å²) in [5.74, 6) is 0. The molecule has 1 aromatic carbocycles. The summed E-state index contributed by atoms with van der Waals surface area (Å²) in [6.07, 6.45) is 3.17. The predicted molar refractivity (Wildman–Crippen MR) is 85.2 cm³/mol. The molecular formula is C16H23N3S. The Hall–Kier alpha value is -1.26. The number of aryl methyl sites for hydroxylation is 2. The van der Waals surface area contributed by atoms with Gasteiger partial charge in [0.05, 0.1) is 16.6 Å². The van der Waals surface area contributed by atoms with Crippen LogP contribution in [0.25, 0.3) is 0 Å². The van der Waals surface area contributed by atoms with Crippen molar-refractivity contribution >= 4 is 11.5 Å². The molecule has 20 heavy (non-hydrogen) atoms. The summed E-state index contributed by atoms with van der Waals surface area (Å²) in [5, 5.41) is 7.89. The summed E-state index contributed by atoms with van der Waals surface area (Å²) >= 11 is 1.52. The van der Waals surface area contributed by atoms with Gasteiger partial charge in [0, 0.05) is 0 Å². The Kier molecular flexibility index (Phi) is 5.68. The van der Waals surface area contributed by atoms with E-state index in [1.54, 1.807) is 0 Å². The number of benzene rings is 1. The molecule has 108 valence electrons. The quantitative estimate of drug-likeness (QED) is 0.843. The molecule has 0 bridgehead atoms. The maximum Gasteiger partial charge on any atom is 0.0807 e. The smallest absolute Gasteiger partial charge is 0.0807 e. The summed E-state index contributed by atoms with van der Waals surface area (Å²) < 4.78 is 4.16. The summed E-state index contributed by atoms with van der Waals surface area (Å²) in [7, 11) is 0. The lowest BCUT2D eigenvalue weighted by Gasteiger charge is -2.18. The van der Waals surface area contributed by atoms with Crippen molar-refractivity contribution in [3.8, 4) is 0 Å². The third kappa shape index (κ3) is 3.44. The van der Waals surface area contributed by atoms with Gasteiger partial charge in [-0.2, -0.15) is 0 Å². The van der Waals surface area contributed by atoms with Crippen molar-refractivity contribution in [2.24, 2.45) is 0 Å². The minimum absolute atomic E-state index is 0.216. The summed E-state index contributed by atoms with van der Waals surface area (Å²) in [5.41, 5.74) is 3.83. The number of aromatic nitrogens is 2. The van der Waals surface area contributed by atoms with Gasteiger partial charge in [0.2, 0.25) is 0 Å². The second-order valence-corrected chi connectivity index (χ2v) is 5.71. The molecule has 0 aliphatic rings. The number of nitrogens with one attached hydrogen (secondary N) is 1. The molecule has 2 rings (SSSR count). The molecule has 0 aliphatic heterocycles. The van der Waals surface area contributed by atoms with Crippen molar-refractivity contribution in [2.45, 2.75) is 46.1 Å². The first-order valence-electron chi connectivity index (χ1n) is 7.43. The average Bonchev–Trinajstić information content (AvgIpc) is 2.93. The van der Waals surface area contributed by atoms with Gasteiger partial charge >= 0.3 is 0 Å². The van der Waals surface area contributed by atoms with Crippen LogP contribution in [-0.2, 0) is 12.8 Å². The molecule has 1 N–H and O–H groups in total. The molecule has 1 atom stereocenters. The Morgan fingerprint density at radius 3 is 2.80 bits per heavy atom. The molecular weight excluding hydrogens is 266 g/mol. The Bertz CT molecular complexity index is 536. The van der Waals surface area contributed by atoms with Gasteiger partial charge in [-0.15, -0.1) is 5.10 Å². The summed E-state index contributed by atoms with van der Waals surface area (Å²) in [6, 6.07) is 9.04. The molecule has 1 heterocycles. The van der Waals surface area contributed by atoms with E-state index in [0.29, 0.717) is 0 Å². The SMILES string of the molecule is CCCc1nnsc1C(NCC)c1cccc(CC)c1. The van der Waals surface area contributed by atoms with Crippen LogP contribution >= 0.6 is 11.5 Å². The van der Waals surface area contributed by atoms with Gasteiger partial charge in [0.15, 0.2) is 0 Å². The maximum atomic E-state index is 4.31. The average molecular weight is 289 g/mol. The zero-order chi connectivity index (χ0) is 14.4. The third-order valence-electron chi connectivity index (χ3n) is 3.43. The highest BCUT2D eigenvalue weighted by Gasteiger charge is 2.20. The van der Waals surface area contributed by atoms with Crippen LogP contribution in [0.15, 0.2) is 24.3 Å². The Balaban J connectivity index is 2.36. The molecule has 0 saturated carbocycles. The lowest BCUT2D eigenvalue weighted by Crippen LogP contribution is -2.22. The molecule has 0 amide bonds. The Morgan fingerprint density at radius 1 is 1.25 bits per heavy atom. The van der Waals surface area contributed by atoms with Crippen LogP contribution in [0.4, 0.5) is 0 Å². The molecule has 1 aromatic heterocycles. The molecule has 0 spiro atoms. The lowest BCUT2D eigenvalue weighted by molar-refractivity contribution is 0.630. The first-order chi connectivity index (χ1) is 9.80.